The maximum absolute atomic E-state index is 12.2. The van der Waals surface area contributed by atoms with Crippen LogP contribution >= 0.6 is 11.6 Å². The summed E-state index contributed by atoms with van der Waals surface area (Å²) in [7, 11) is -3.65. The van der Waals surface area contributed by atoms with Crippen LogP contribution in [0.5, 0.6) is 0 Å². The van der Waals surface area contributed by atoms with Crippen LogP contribution in [0.2, 0.25) is 5.02 Å². The molecule has 1 N–H and O–H groups in total. The summed E-state index contributed by atoms with van der Waals surface area (Å²) in [5.74, 6) is 1.97. The molecule has 0 unspecified atom stereocenters. The highest BCUT2D eigenvalue weighted by Gasteiger charge is 2.21. The van der Waals surface area contributed by atoms with Crippen molar-refractivity contribution < 1.29 is 13.2 Å². The molecule has 0 bridgehead atoms. The average molecular weight is 363 g/mol. The van der Waals surface area contributed by atoms with E-state index in [1.54, 1.807) is 42.5 Å². The SMILES string of the molecule is C#Cc1cccc(NC(=O)CN(c2cccc(Cl)c2)S(C)(=O)=O)c1. The number of terminal acetylenes is 1. The van der Waals surface area contributed by atoms with Gasteiger partial charge in [-0.3, -0.25) is 9.10 Å². The molecular weight excluding hydrogens is 348 g/mol. The molecule has 0 aliphatic rings. The fraction of sp³-hybridized carbons (Fsp3) is 0.118. The Morgan fingerprint density at radius 2 is 1.96 bits per heavy atom. The monoisotopic (exact) mass is 362 g/mol. The first kappa shape index (κ1) is 17.9. The Kier molecular flexibility index (Phi) is 5.50. The van der Waals surface area contributed by atoms with Crippen molar-refractivity contribution in [2.45, 2.75) is 0 Å². The predicted molar refractivity (Wildman–Crippen MR) is 96.6 cm³/mol. The van der Waals surface area contributed by atoms with Crippen molar-refractivity contribution in [1.82, 2.24) is 0 Å². The Morgan fingerprint density at radius 3 is 2.58 bits per heavy atom. The highest BCUT2D eigenvalue weighted by Crippen LogP contribution is 2.21. The molecule has 0 saturated carbocycles. The second-order valence-corrected chi connectivity index (χ2v) is 7.37. The molecule has 2 aromatic carbocycles. The molecule has 2 rings (SSSR count). The molecule has 0 spiro atoms. The van der Waals surface area contributed by atoms with Crippen molar-refractivity contribution in [3.05, 3.63) is 59.1 Å². The third kappa shape index (κ3) is 4.75. The van der Waals surface area contributed by atoms with E-state index >= 15 is 0 Å². The van der Waals surface area contributed by atoms with Crippen molar-refractivity contribution in [1.29, 1.82) is 0 Å². The van der Waals surface area contributed by atoms with Crippen molar-refractivity contribution in [2.24, 2.45) is 0 Å². The summed E-state index contributed by atoms with van der Waals surface area (Å²) >= 11 is 5.90. The first-order valence-electron chi connectivity index (χ1n) is 6.89. The molecule has 0 aliphatic heterocycles. The Balaban J connectivity index is 2.21. The van der Waals surface area contributed by atoms with Crippen LogP contribution in [0.25, 0.3) is 0 Å². The summed E-state index contributed by atoms with van der Waals surface area (Å²) in [6, 6.07) is 13.0. The summed E-state index contributed by atoms with van der Waals surface area (Å²) in [6.45, 7) is -0.376. The van der Waals surface area contributed by atoms with Gasteiger partial charge in [-0.25, -0.2) is 8.42 Å². The van der Waals surface area contributed by atoms with Crippen LogP contribution < -0.4 is 9.62 Å². The van der Waals surface area contributed by atoms with Crippen LogP contribution in [0.15, 0.2) is 48.5 Å². The largest absolute Gasteiger partial charge is 0.324 e. The number of benzene rings is 2. The van der Waals surface area contributed by atoms with Gasteiger partial charge in [0.1, 0.15) is 6.54 Å². The minimum atomic E-state index is -3.65. The molecule has 24 heavy (non-hydrogen) atoms. The molecule has 0 atom stereocenters. The van der Waals surface area contributed by atoms with Crippen molar-refractivity contribution >= 4 is 38.9 Å². The topological polar surface area (TPSA) is 66.5 Å². The third-order valence-corrected chi connectivity index (χ3v) is 4.47. The minimum Gasteiger partial charge on any atom is -0.324 e. The lowest BCUT2D eigenvalue weighted by molar-refractivity contribution is -0.114. The number of nitrogens with zero attached hydrogens (tertiary/aromatic N) is 1. The van der Waals surface area contributed by atoms with E-state index in [0.717, 1.165) is 10.6 Å². The molecule has 0 aliphatic carbocycles. The number of halogens is 1. The van der Waals surface area contributed by atoms with Gasteiger partial charge < -0.3 is 5.32 Å². The van der Waals surface area contributed by atoms with Crippen LogP contribution in [0, 0.1) is 12.3 Å². The summed E-state index contributed by atoms with van der Waals surface area (Å²) in [4.78, 5) is 12.2. The van der Waals surface area contributed by atoms with E-state index in [1.165, 1.54) is 6.07 Å². The molecule has 0 fully saturated rings. The van der Waals surface area contributed by atoms with Crippen molar-refractivity contribution in [3.63, 3.8) is 0 Å². The lowest BCUT2D eigenvalue weighted by atomic mass is 10.2. The molecule has 0 saturated heterocycles. The van der Waals surface area contributed by atoms with Gasteiger partial charge in [0.25, 0.3) is 0 Å². The van der Waals surface area contributed by atoms with E-state index in [0.29, 0.717) is 22.0 Å². The van der Waals surface area contributed by atoms with Crippen LogP contribution in [-0.4, -0.2) is 27.1 Å². The van der Waals surface area contributed by atoms with Gasteiger partial charge in [0.15, 0.2) is 0 Å². The molecular formula is C17H15ClN2O3S. The Hall–Kier alpha value is -2.49. The normalized spacial score (nSPS) is 10.7. The molecule has 0 radical (unpaired) electrons. The van der Waals surface area contributed by atoms with Gasteiger partial charge in [0.05, 0.1) is 11.9 Å². The van der Waals surface area contributed by atoms with Crippen LogP contribution in [-0.2, 0) is 14.8 Å². The number of hydrogen-bond acceptors (Lipinski definition) is 3. The first-order chi connectivity index (χ1) is 11.3. The van der Waals surface area contributed by atoms with Gasteiger partial charge >= 0.3 is 0 Å². The number of carbonyl (C=O) groups excluding carboxylic acids is 1. The highest BCUT2D eigenvalue weighted by molar-refractivity contribution is 7.92. The van der Waals surface area contributed by atoms with Gasteiger partial charge in [0.2, 0.25) is 15.9 Å². The zero-order chi connectivity index (χ0) is 17.7. The zero-order valence-electron chi connectivity index (χ0n) is 12.9. The Bertz CT molecular complexity index is 904. The predicted octanol–water partition coefficient (Wildman–Crippen LogP) is 2.73. The fourth-order valence-electron chi connectivity index (χ4n) is 2.05. The van der Waals surface area contributed by atoms with E-state index in [9.17, 15) is 13.2 Å². The van der Waals surface area contributed by atoms with Crippen LogP contribution in [0.4, 0.5) is 11.4 Å². The minimum absolute atomic E-state index is 0.317. The number of nitrogens with one attached hydrogen (secondary N) is 1. The maximum Gasteiger partial charge on any atom is 0.245 e. The van der Waals surface area contributed by atoms with E-state index < -0.39 is 15.9 Å². The molecule has 7 heteroatoms. The molecule has 1 amide bonds. The van der Waals surface area contributed by atoms with Gasteiger partial charge in [0, 0.05) is 16.3 Å². The van der Waals surface area contributed by atoms with Crippen molar-refractivity contribution in [3.8, 4) is 12.3 Å². The zero-order valence-corrected chi connectivity index (χ0v) is 14.4. The Labute approximate surface area is 146 Å². The van der Waals surface area contributed by atoms with Crippen LogP contribution in [0.1, 0.15) is 5.56 Å². The Morgan fingerprint density at radius 1 is 1.25 bits per heavy atom. The van der Waals surface area contributed by atoms with E-state index in [-0.39, 0.29) is 6.54 Å². The average Bonchev–Trinajstić information content (AvgIpc) is 2.51. The molecule has 124 valence electrons. The standard InChI is InChI=1S/C17H15ClN2O3S/c1-3-13-6-4-8-15(10-13)19-17(21)12-20(24(2,22)23)16-9-5-7-14(18)11-16/h1,4-11H,12H2,2H3,(H,19,21). The maximum atomic E-state index is 12.2. The first-order valence-corrected chi connectivity index (χ1v) is 9.12. The van der Waals surface area contributed by atoms with Crippen LogP contribution in [0.3, 0.4) is 0 Å². The van der Waals surface area contributed by atoms with Gasteiger partial charge in [-0.1, -0.05) is 29.7 Å². The molecule has 2 aromatic rings. The third-order valence-electron chi connectivity index (χ3n) is 3.10. The lowest BCUT2D eigenvalue weighted by Crippen LogP contribution is -2.37. The van der Waals surface area contributed by atoms with Gasteiger partial charge in [-0.15, -0.1) is 6.42 Å². The smallest absolute Gasteiger partial charge is 0.245 e. The summed E-state index contributed by atoms with van der Waals surface area (Å²) in [6.07, 6.45) is 6.34. The number of hydrogen-bond donors (Lipinski definition) is 1. The summed E-state index contributed by atoms with van der Waals surface area (Å²) in [5, 5.41) is 3.01. The second kappa shape index (κ2) is 7.39. The quantitative estimate of drug-likeness (QED) is 0.832. The van der Waals surface area contributed by atoms with E-state index in [4.69, 9.17) is 18.0 Å². The van der Waals surface area contributed by atoms with Gasteiger partial charge in [-0.2, -0.15) is 0 Å². The van der Waals surface area contributed by atoms with E-state index in [2.05, 4.69) is 11.2 Å². The summed E-state index contributed by atoms with van der Waals surface area (Å²) in [5.41, 5.74) is 1.43. The highest BCUT2D eigenvalue weighted by atomic mass is 35.5. The lowest BCUT2D eigenvalue weighted by Gasteiger charge is -2.22. The second-order valence-electron chi connectivity index (χ2n) is 5.02. The van der Waals surface area contributed by atoms with Crippen molar-refractivity contribution in [2.75, 3.05) is 22.4 Å². The van der Waals surface area contributed by atoms with E-state index in [1.807, 2.05) is 0 Å². The fourth-order valence-corrected chi connectivity index (χ4v) is 3.08. The van der Waals surface area contributed by atoms with Gasteiger partial charge in [-0.05, 0) is 36.4 Å². The number of sulfonamides is 1. The number of amides is 1. The summed E-state index contributed by atoms with van der Waals surface area (Å²) < 4.78 is 25.0. The number of anilines is 2. The molecule has 5 nitrogen and oxygen atoms in total. The molecule has 0 heterocycles. The molecule has 0 aromatic heterocycles. The number of carbonyl (C=O) groups is 1. The number of rotatable bonds is 5.